The van der Waals surface area contributed by atoms with Crippen LogP contribution in [0.2, 0.25) is 0 Å². The van der Waals surface area contributed by atoms with Crippen LogP contribution in [0.25, 0.3) is 66.0 Å². The minimum Gasteiger partial charge on any atom is -0.497 e. The van der Waals surface area contributed by atoms with E-state index in [1.807, 2.05) is 49.5 Å². The first-order valence-corrected chi connectivity index (χ1v) is 14.2. The molecule has 0 unspecified atom stereocenters. The molecule has 9 aromatic rings. The van der Waals surface area contributed by atoms with Crippen LogP contribution in [0, 0.1) is 26.0 Å². The van der Waals surface area contributed by atoms with Gasteiger partial charge in [-0.2, -0.15) is 0 Å². The van der Waals surface area contributed by atoms with E-state index in [1.165, 1.54) is 0 Å². The number of imidazole rings is 2. The van der Waals surface area contributed by atoms with Crippen LogP contribution < -0.4 is 4.74 Å². The van der Waals surface area contributed by atoms with Crippen molar-refractivity contribution >= 4 is 54.8 Å². The van der Waals surface area contributed by atoms with E-state index in [0.29, 0.717) is 11.5 Å². The van der Waals surface area contributed by atoms with Crippen molar-refractivity contribution in [2.75, 3.05) is 0 Å². The quantitative estimate of drug-likeness (QED) is 0.134. The summed E-state index contributed by atoms with van der Waals surface area (Å²) in [7, 11) is 0. The summed E-state index contributed by atoms with van der Waals surface area (Å²) in [4.78, 5) is 14.6. The maximum absolute atomic E-state index is 6.44. The standard InChI is InChI=1S/C37H23N5O.Pt/c1-22-23(2)42-35-30(12-8-18-38-35)28-17-15-26(20-32(28)37(42)39-22)43-25-14-16-27-29-11-6-7-13-34(29)41-21-33(24-9-4-3-5-10-24)40-36(41)31(27)19-25;/h3-18,21H,1-2H3;/q-2;+2. The van der Waals surface area contributed by atoms with E-state index >= 15 is 0 Å². The van der Waals surface area contributed by atoms with Gasteiger partial charge in [-0.15, -0.1) is 12.1 Å². The molecule has 0 radical (unpaired) electrons. The zero-order valence-electron chi connectivity index (χ0n) is 23.8. The molecule has 7 heteroatoms. The molecule has 0 N–H and O–H groups in total. The number of hydrogen-bond acceptors (Lipinski definition) is 4. The second kappa shape index (κ2) is 10.0. The van der Waals surface area contributed by atoms with E-state index in [2.05, 4.69) is 93.6 Å². The molecular formula is C37H23N5OPt. The number of ether oxygens (including phenoxy) is 1. The summed E-state index contributed by atoms with van der Waals surface area (Å²) >= 11 is 0. The van der Waals surface area contributed by atoms with Crippen LogP contribution in [0.5, 0.6) is 11.5 Å². The van der Waals surface area contributed by atoms with Crippen molar-refractivity contribution in [3.63, 3.8) is 0 Å². The van der Waals surface area contributed by atoms with Gasteiger partial charge in [0.1, 0.15) is 5.65 Å². The van der Waals surface area contributed by atoms with Crippen LogP contribution in [0.3, 0.4) is 0 Å². The molecule has 5 aromatic heterocycles. The van der Waals surface area contributed by atoms with Crippen molar-refractivity contribution < 1.29 is 25.8 Å². The van der Waals surface area contributed by atoms with Crippen LogP contribution in [-0.2, 0) is 21.1 Å². The Hall–Kier alpha value is -5.06. The number of aromatic nitrogens is 5. The Morgan fingerprint density at radius 3 is 2.11 bits per heavy atom. The number of para-hydroxylation sites is 1. The van der Waals surface area contributed by atoms with E-state index in [4.69, 9.17) is 14.7 Å². The molecule has 0 aliphatic carbocycles. The summed E-state index contributed by atoms with van der Waals surface area (Å²) in [5.74, 6) is 1.19. The average Bonchev–Trinajstić information content (AvgIpc) is 3.64. The second-order valence-electron chi connectivity index (χ2n) is 10.8. The van der Waals surface area contributed by atoms with Gasteiger partial charge in [0.25, 0.3) is 0 Å². The molecule has 0 fully saturated rings. The maximum Gasteiger partial charge on any atom is 2.00 e. The summed E-state index contributed by atoms with van der Waals surface area (Å²) in [6.07, 6.45) is 3.92. The minimum atomic E-state index is 0. The number of pyridine rings is 3. The van der Waals surface area contributed by atoms with Gasteiger partial charge in [-0.25, -0.2) is 4.98 Å². The van der Waals surface area contributed by atoms with Crippen LogP contribution in [0.15, 0.2) is 103 Å². The normalized spacial score (nSPS) is 11.7. The van der Waals surface area contributed by atoms with Crippen molar-refractivity contribution in [2.24, 2.45) is 0 Å². The van der Waals surface area contributed by atoms with E-state index in [0.717, 1.165) is 77.4 Å². The smallest absolute Gasteiger partial charge is 0.497 e. The fourth-order valence-electron chi connectivity index (χ4n) is 6.21. The fourth-order valence-corrected chi connectivity index (χ4v) is 6.21. The predicted molar refractivity (Wildman–Crippen MR) is 171 cm³/mol. The fraction of sp³-hybridized carbons (Fsp3) is 0.0541. The summed E-state index contributed by atoms with van der Waals surface area (Å²) in [5.41, 5.74) is 7.66. The SMILES string of the molecule is Cc1nc2c3[c-]c(Oc4[c-]c5c(cc4)c4ccccc4n4cc(-c6ccccc6)nc54)ccc3c3cccnc3n2c1C.[Pt+2]. The van der Waals surface area contributed by atoms with Gasteiger partial charge in [0.15, 0.2) is 0 Å². The van der Waals surface area contributed by atoms with Crippen molar-refractivity contribution in [3.8, 4) is 22.8 Å². The number of fused-ring (bicyclic) bond motifs is 12. The third kappa shape index (κ3) is 3.88. The molecule has 212 valence electrons. The van der Waals surface area contributed by atoms with E-state index in [-0.39, 0.29) is 21.1 Å². The molecule has 0 aliphatic heterocycles. The van der Waals surface area contributed by atoms with Gasteiger partial charge in [-0.1, -0.05) is 100 Å². The molecule has 9 rings (SSSR count). The van der Waals surface area contributed by atoms with Crippen LogP contribution in [-0.4, -0.2) is 23.8 Å². The van der Waals surface area contributed by atoms with Crippen molar-refractivity contribution in [2.45, 2.75) is 13.8 Å². The third-order valence-corrected chi connectivity index (χ3v) is 8.37. The minimum absolute atomic E-state index is 0. The summed E-state index contributed by atoms with van der Waals surface area (Å²) in [6.45, 7) is 4.10. The van der Waals surface area contributed by atoms with Gasteiger partial charge in [0, 0.05) is 46.4 Å². The van der Waals surface area contributed by atoms with Gasteiger partial charge in [-0.3, -0.25) is 9.97 Å². The van der Waals surface area contributed by atoms with Gasteiger partial charge in [0.2, 0.25) is 0 Å². The zero-order chi connectivity index (χ0) is 28.7. The van der Waals surface area contributed by atoms with Gasteiger partial charge >= 0.3 is 21.1 Å². The first-order chi connectivity index (χ1) is 21.1. The molecule has 0 saturated heterocycles. The maximum atomic E-state index is 6.44. The molecule has 5 heterocycles. The van der Waals surface area contributed by atoms with Crippen molar-refractivity contribution in [1.82, 2.24) is 23.8 Å². The molecule has 0 aliphatic rings. The Kier molecular flexibility index (Phi) is 6.04. The molecule has 4 aromatic carbocycles. The van der Waals surface area contributed by atoms with Gasteiger partial charge < -0.3 is 13.5 Å². The van der Waals surface area contributed by atoms with E-state index in [9.17, 15) is 0 Å². The van der Waals surface area contributed by atoms with Crippen LogP contribution >= 0.6 is 0 Å². The molecule has 0 spiro atoms. The first-order valence-electron chi connectivity index (χ1n) is 14.2. The molecule has 0 saturated carbocycles. The number of nitrogens with zero attached hydrogens (tertiary/aromatic N) is 5. The van der Waals surface area contributed by atoms with E-state index < -0.39 is 0 Å². The largest absolute Gasteiger partial charge is 2.00 e. The number of rotatable bonds is 3. The topological polar surface area (TPSA) is 56.7 Å². The monoisotopic (exact) mass is 748 g/mol. The first kappa shape index (κ1) is 26.6. The Bertz CT molecular complexity index is 2570. The van der Waals surface area contributed by atoms with Crippen molar-refractivity contribution in [3.05, 3.63) is 127 Å². The average molecular weight is 749 g/mol. The summed E-state index contributed by atoms with van der Waals surface area (Å²) in [6, 6.07) is 37.9. The van der Waals surface area contributed by atoms with Gasteiger partial charge in [-0.05, 0) is 36.8 Å². The molecule has 0 atom stereocenters. The van der Waals surface area contributed by atoms with Crippen LogP contribution in [0.4, 0.5) is 0 Å². The molecule has 44 heavy (non-hydrogen) atoms. The molecule has 6 nitrogen and oxygen atoms in total. The third-order valence-electron chi connectivity index (χ3n) is 8.37. The number of hydrogen-bond donors (Lipinski definition) is 0. The van der Waals surface area contributed by atoms with Gasteiger partial charge in [0.05, 0.1) is 17.0 Å². The molecule has 0 bridgehead atoms. The summed E-state index contributed by atoms with van der Waals surface area (Å²) < 4.78 is 10.7. The Labute approximate surface area is 266 Å². The Balaban J connectivity index is 0.00000289. The predicted octanol–water partition coefficient (Wildman–Crippen LogP) is 8.66. The van der Waals surface area contributed by atoms with Crippen molar-refractivity contribution in [1.29, 1.82) is 0 Å². The Morgan fingerprint density at radius 2 is 1.32 bits per heavy atom. The summed E-state index contributed by atoms with van der Waals surface area (Å²) in [5, 5.41) is 6.09. The zero-order valence-corrected chi connectivity index (χ0v) is 26.0. The number of aryl methyl sites for hydroxylation is 2. The Morgan fingerprint density at radius 1 is 0.636 bits per heavy atom. The second-order valence-corrected chi connectivity index (χ2v) is 10.8. The van der Waals surface area contributed by atoms with E-state index in [1.54, 1.807) is 0 Å². The number of benzene rings is 4. The molecule has 0 amide bonds. The molecular weight excluding hydrogens is 726 g/mol. The van der Waals surface area contributed by atoms with Crippen LogP contribution in [0.1, 0.15) is 11.4 Å².